The Morgan fingerprint density at radius 1 is 1.64 bits per heavy atom. The fourth-order valence-electron chi connectivity index (χ4n) is 0.786. The predicted molar refractivity (Wildman–Crippen MR) is 49.4 cm³/mol. The lowest BCUT2D eigenvalue weighted by atomic mass is 10.4. The molecule has 0 aliphatic carbocycles. The standard InChI is InChI=1S/C7H7ClF2N4/c8-5-2-12-4(1-11)7(14-5)13-3-6(9)10/h1-2,6,11H,3H2,(H,13,14). The molecule has 2 N–H and O–H groups in total. The molecule has 76 valence electrons. The minimum Gasteiger partial charge on any atom is -0.362 e. The lowest BCUT2D eigenvalue weighted by molar-refractivity contribution is 0.163. The number of nitrogens with one attached hydrogen (secondary N) is 2. The molecule has 0 bridgehead atoms. The highest BCUT2D eigenvalue weighted by Crippen LogP contribution is 2.11. The van der Waals surface area contributed by atoms with Crippen LogP contribution in [-0.4, -0.2) is 29.2 Å². The Kier molecular flexibility index (Phi) is 3.70. The molecule has 0 saturated heterocycles. The Bertz CT molecular complexity index is 331. The van der Waals surface area contributed by atoms with Gasteiger partial charge in [-0.1, -0.05) is 11.6 Å². The van der Waals surface area contributed by atoms with Crippen LogP contribution >= 0.6 is 11.6 Å². The first-order chi connectivity index (χ1) is 6.63. The van der Waals surface area contributed by atoms with Gasteiger partial charge in [0.05, 0.1) is 12.7 Å². The lowest BCUT2D eigenvalue weighted by Gasteiger charge is -2.06. The summed E-state index contributed by atoms with van der Waals surface area (Å²) in [7, 11) is 0. The number of halogens is 3. The van der Waals surface area contributed by atoms with E-state index in [1.54, 1.807) is 0 Å². The van der Waals surface area contributed by atoms with E-state index >= 15 is 0 Å². The Balaban J connectivity index is 2.82. The van der Waals surface area contributed by atoms with E-state index in [4.69, 9.17) is 17.0 Å². The van der Waals surface area contributed by atoms with E-state index in [1.165, 1.54) is 6.20 Å². The van der Waals surface area contributed by atoms with Crippen molar-refractivity contribution >= 4 is 23.6 Å². The second-order valence-electron chi connectivity index (χ2n) is 2.34. The number of hydrogen-bond acceptors (Lipinski definition) is 4. The van der Waals surface area contributed by atoms with Crippen molar-refractivity contribution in [3.63, 3.8) is 0 Å². The van der Waals surface area contributed by atoms with Crippen LogP contribution in [0.15, 0.2) is 6.20 Å². The predicted octanol–water partition coefficient (Wildman–Crippen LogP) is 1.80. The molecular weight excluding hydrogens is 214 g/mol. The van der Waals surface area contributed by atoms with Crippen LogP contribution in [0.3, 0.4) is 0 Å². The minimum atomic E-state index is -2.49. The summed E-state index contributed by atoms with van der Waals surface area (Å²) in [5.74, 6) is 0.0906. The zero-order chi connectivity index (χ0) is 10.6. The van der Waals surface area contributed by atoms with Crippen LogP contribution < -0.4 is 5.32 Å². The van der Waals surface area contributed by atoms with Crippen molar-refractivity contribution in [1.29, 1.82) is 5.41 Å². The number of aromatic nitrogens is 2. The van der Waals surface area contributed by atoms with Crippen molar-refractivity contribution in [2.45, 2.75) is 6.43 Å². The van der Waals surface area contributed by atoms with Crippen molar-refractivity contribution in [1.82, 2.24) is 9.97 Å². The van der Waals surface area contributed by atoms with Crippen molar-refractivity contribution in [3.8, 4) is 0 Å². The molecule has 1 aromatic heterocycles. The monoisotopic (exact) mass is 220 g/mol. The maximum atomic E-state index is 11.9. The molecule has 0 spiro atoms. The fourth-order valence-corrected chi connectivity index (χ4v) is 0.920. The van der Waals surface area contributed by atoms with Gasteiger partial charge in [-0.2, -0.15) is 0 Å². The molecule has 7 heteroatoms. The van der Waals surface area contributed by atoms with E-state index in [2.05, 4.69) is 15.3 Å². The van der Waals surface area contributed by atoms with Crippen LogP contribution in [0.25, 0.3) is 0 Å². The molecule has 0 radical (unpaired) electrons. The second kappa shape index (κ2) is 4.80. The first-order valence-electron chi connectivity index (χ1n) is 3.68. The summed E-state index contributed by atoms with van der Waals surface area (Å²) in [5, 5.41) is 9.38. The smallest absolute Gasteiger partial charge is 0.255 e. The quantitative estimate of drug-likeness (QED) is 0.761. The van der Waals surface area contributed by atoms with Gasteiger partial charge >= 0.3 is 0 Å². The van der Waals surface area contributed by atoms with E-state index in [0.717, 1.165) is 6.21 Å². The third-order valence-electron chi connectivity index (χ3n) is 1.33. The SMILES string of the molecule is N=Cc1ncc(Cl)nc1NCC(F)F. The highest BCUT2D eigenvalue weighted by Gasteiger charge is 2.07. The Hall–Kier alpha value is -1.30. The zero-order valence-corrected chi connectivity index (χ0v) is 7.72. The van der Waals surface area contributed by atoms with Crippen LogP contribution in [0.2, 0.25) is 5.15 Å². The van der Waals surface area contributed by atoms with Gasteiger partial charge in [0.15, 0.2) is 5.82 Å². The fraction of sp³-hybridized carbons (Fsp3) is 0.286. The second-order valence-corrected chi connectivity index (χ2v) is 2.73. The molecule has 0 atom stereocenters. The minimum absolute atomic E-state index is 0.0902. The first kappa shape index (κ1) is 10.8. The Morgan fingerprint density at radius 3 is 2.93 bits per heavy atom. The van der Waals surface area contributed by atoms with E-state index in [9.17, 15) is 8.78 Å². The van der Waals surface area contributed by atoms with Gasteiger partial charge in [0, 0.05) is 6.21 Å². The van der Waals surface area contributed by atoms with Gasteiger partial charge in [0.25, 0.3) is 6.43 Å². The molecule has 0 saturated carbocycles. The number of alkyl halides is 2. The normalized spacial score (nSPS) is 10.3. The van der Waals surface area contributed by atoms with Gasteiger partial charge in [-0.05, 0) is 0 Å². The molecule has 14 heavy (non-hydrogen) atoms. The topological polar surface area (TPSA) is 61.7 Å². The van der Waals surface area contributed by atoms with Gasteiger partial charge in [-0.3, -0.25) is 0 Å². The molecule has 1 aromatic rings. The molecule has 0 aliphatic rings. The van der Waals surface area contributed by atoms with E-state index < -0.39 is 13.0 Å². The average Bonchev–Trinajstić information content (AvgIpc) is 2.15. The van der Waals surface area contributed by atoms with Gasteiger partial charge in [-0.15, -0.1) is 0 Å². The zero-order valence-electron chi connectivity index (χ0n) is 6.97. The highest BCUT2D eigenvalue weighted by atomic mass is 35.5. The number of rotatable bonds is 4. The summed E-state index contributed by atoms with van der Waals surface area (Å²) in [6.45, 7) is -0.546. The maximum absolute atomic E-state index is 11.9. The average molecular weight is 221 g/mol. The summed E-state index contributed by atoms with van der Waals surface area (Å²) in [6, 6.07) is 0. The van der Waals surface area contributed by atoms with Gasteiger partial charge in [0.1, 0.15) is 10.8 Å². The van der Waals surface area contributed by atoms with Crippen LogP contribution in [0.5, 0.6) is 0 Å². The van der Waals surface area contributed by atoms with Crippen molar-refractivity contribution in [2.75, 3.05) is 11.9 Å². The molecule has 4 nitrogen and oxygen atoms in total. The molecule has 1 rings (SSSR count). The number of anilines is 1. The lowest BCUT2D eigenvalue weighted by Crippen LogP contribution is -2.13. The van der Waals surface area contributed by atoms with E-state index in [0.29, 0.717) is 0 Å². The molecule has 0 unspecified atom stereocenters. The summed E-state index contributed by atoms with van der Waals surface area (Å²) >= 11 is 5.51. The molecule has 0 fully saturated rings. The summed E-state index contributed by atoms with van der Waals surface area (Å²) in [4.78, 5) is 7.45. The van der Waals surface area contributed by atoms with Gasteiger partial charge in [0.2, 0.25) is 0 Å². The summed E-state index contributed by atoms with van der Waals surface area (Å²) in [6.07, 6.45) is -0.332. The van der Waals surface area contributed by atoms with Gasteiger partial charge in [-0.25, -0.2) is 18.7 Å². The maximum Gasteiger partial charge on any atom is 0.255 e. The summed E-state index contributed by atoms with van der Waals surface area (Å²) < 4.78 is 23.7. The van der Waals surface area contributed by atoms with Crippen LogP contribution in [-0.2, 0) is 0 Å². The van der Waals surface area contributed by atoms with Crippen molar-refractivity contribution in [3.05, 3.63) is 17.0 Å². The highest BCUT2D eigenvalue weighted by molar-refractivity contribution is 6.29. The molecule has 0 aliphatic heterocycles. The van der Waals surface area contributed by atoms with Gasteiger partial charge < -0.3 is 10.7 Å². The van der Waals surface area contributed by atoms with E-state index in [-0.39, 0.29) is 16.7 Å². The number of hydrogen-bond donors (Lipinski definition) is 2. The third-order valence-corrected chi connectivity index (χ3v) is 1.51. The Morgan fingerprint density at radius 2 is 2.36 bits per heavy atom. The molecule has 0 amide bonds. The van der Waals surface area contributed by atoms with Crippen molar-refractivity contribution < 1.29 is 8.78 Å². The molecule has 0 aromatic carbocycles. The number of nitrogens with zero attached hydrogens (tertiary/aromatic N) is 2. The largest absolute Gasteiger partial charge is 0.362 e. The van der Waals surface area contributed by atoms with Crippen LogP contribution in [0.1, 0.15) is 5.69 Å². The van der Waals surface area contributed by atoms with Crippen LogP contribution in [0.4, 0.5) is 14.6 Å². The Labute approximate surface area is 83.8 Å². The first-order valence-corrected chi connectivity index (χ1v) is 4.06. The van der Waals surface area contributed by atoms with Crippen molar-refractivity contribution in [2.24, 2.45) is 0 Å². The molecular formula is C7H7ClF2N4. The molecule has 1 heterocycles. The van der Waals surface area contributed by atoms with Crippen LogP contribution in [0, 0.1) is 5.41 Å². The van der Waals surface area contributed by atoms with E-state index in [1.807, 2.05) is 0 Å². The summed E-state index contributed by atoms with van der Waals surface area (Å²) in [5.41, 5.74) is 0.176. The third kappa shape index (κ3) is 2.88.